The predicted octanol–water partition coefficient (Wildman–Crippen LogP) is 6.20. The van der Waals surface area contributed by atoms with Crippen molar-refractivity contribution in [1.29, 1.82) is 0 Å². The second kappa shape index (κ2) is 9.71. The molecule has 6 heteroatoms. The van der Waals surface area contributed by atoms with E-state index in [1.165, 1.54) is 47.1 Å². The lowest BCUT2D eigenvalue weighted by Gasteiger charge is -2.40. The summed E-state index contributed by atoms with van der Waals surface area (Å²) in [7, 11) is 0. The lowest BCUT2D eigenvalue weighted by molar-refractivity contribution is 0.127. The molecular formula is C25H31F2IN2O. The highest BCUT2D eigenvalue weighted by atomic mass is 127. The lowest BCUT2D eigenvalue weighted by Crippen LogP contribution is -2.33. The summed E-state index contributed by atoms with van der Waals surface area (Å²) in [4.78, 5) is 0. The number of fused-ring (bicyclic) bond motifs is 1. The van der Waals surface area contributed by atoms with Crippen molar-refractivity contribution in [1.82, 2.24) is 5.32 Å². The molecule has 0 aromatic heterocycles. The highest BCUT2D eigenvalue weighted by Crippen LogP contribution is 2.48. The topological polar surface area (TPSA) is 44.3 Å². The monoisotopic (exact) mass is 540 g/mol. The minimum Gasteiger partial charge on any atom is -0.392 e. The molecule has 4 atom stereocenters. The summed E-state index contributed by atoms with van der Waals surface area (Å²) in [6, 6.07) is 15.3. The number of hydrogen-bond acceptors (Lipinski definition) is 3. The quantitative estimate of drug-likeness (QED) is 0.262. The Morgan fingerprint density at radius 1 is 1.19 bits per heavy atom. The van der Waals surface area contributed by atoms with Crippen LogP contribution in [0.3, 0.4) is 0 Å². The maximum Gasteiger partial charge on any atom is 0.321 e. The van der Waals surface area contributed by atoms with Gasteiger partial charge in [-0.1, -0.05) is 43.3 Å². The SMILES string of the molecule is C[C@@H]1c2cc(C(F)(F)I)ccc2N[C@@H](c2ccccc2)[C@@H]1CC[C@@H](O)CNCC1CC1. The zero-order valence-corrected chi connectivity index (χ0v) is 20.0. The lowest BCUT2D eigenvalue weighted by atomic mass is 9.73. The van der Waals surface area contributed by atoms with E-state index >= 15 is 0 Å². The largest absolute Gasteiger partial charge is 0.392 e. The first-order valence-corrected chi connectivity index (χ1v) is 12.3. The van der Waals surface area contributed by atoms with Crippen molar-refractivity contribution in [3.63, 3.8) is 0 Å². The Labute approximate surface area is 197 Å². The predicted molar refractivity (Wildman–Crippen MR) is 130 cm³/mol. The molecule has 168 valence electrons. The van der Waals surface area contributed by atoms with Gasteiger partial charge in [-0.2, -0.15) is 8.78 Å². The fourth-order valence-electron chi connectivity index (χ4n) is 4.71. The summed E-state index contributed by atoms with van der Waals surface area (Å²) in [6.07, 6.45) is 3.71. The molecule has 1 heterocycles. The third kappa shape index (κ3) is 5.76. The Morgan fingerprint density at radius 2 is 1.94 bits per heavy atom. The number of aliphatic hydroxyl groups excluding tert-OH is 1. The second-order valence-corrected chi connectivity index (χ2v) is 10.5. The van der Waals surface area contributed by atoms with Gasteiger partial charge >= 0.3 is 3.93 Å². The molecule has 2 aromatic carbocycles. The number of alkyl halides is 3. The van der Waals surface area contributed by atoms with Gasteiger partial charge in [0, 0.05) is 40.4 Å². The van der Waals surface area contributed by atoms with Crippen LogP contribution in [-0.2, 0) is 3.93 Å². The zero-order valence-electron chi connectivity index (χ0n) is 17.8. The molecule has 31 heavy (non-hydrogen) atoms. The number of benzene rings is 2. The highest BCUT2D eigenvalue weighted by molar-refractivity contribution is 14.1. The third-order valence-electron chi connectivity index (χ3n) is 6.75. The average molecular weight is 540 g/mol. The highest BCUT2D eigenvalue weighted by Gasteiger charge is 2.37. The zero-order chi connectivity index (χ0) is 22.0. The van der Waals surface area contributed by atoms with E-state index in [2.05, 4.69) is 29.7 Å². The van der Waals surface area contributed by atoms with Gasteiger partial charge in [0.1, 0.15) is 0 Å². The Balaban J connectivity index is 1.52. The van der Waals surface area contributed by atoms with Crippen molar-refractivity contribution in [2.45, 2.75) is 54.6 Å². The number of aliphatic hydroxyl groups is 1. The van der Waals surface area contributed by atoms with E-state index in [-0.39, 0.29) is 23.4 Å². The van der Waals surface area contributed by atoms with Crippen LogP contribution in [0.1, 0.15) is 61.3 Å². The maximum atomic E-state index is 14.0. The molecule has 0 radical (unpaired) electrons. The number of nitrogens with one attached hydrogen (secondary N) is 2. The average Bonchev–Trinajstić information content (AvgIpc) is 3.57. The van der Waals surface area contributed by atoms with Crippen LogP contribution in [0.5, 0.6) is 0 Å². The summed E-state index contributed by atoms with van der Waals surface area (Å²) in [5.41, 5.74) is 3.09. The summed E-state index contributed by atoms with van der Waals surface area (Å²) >= 11 is 1.20. The van der Waals surface area contributed by atoms with Gasteiger partial charge in [-0.15, -0.1) is 0 Å². The van der Waals surface area contributed by atoms with E-state index in [1.807, 2.05) is 18.2 Å². The van der Waals surface area contributed by atoms with Crippen LogP contribution in [-0.4, -0.2) is 24.3 Å². The van der Waals surface area contributed by atoms with Crippen LogP contribution in [0.2, 0.25) is 0 Å². The van der Waals surface area contributed by atoms with Crippen LogP contribution in [0, 0.1) is 11.8 Å². The van der Waals surface area contributed by atoms with E-state index in [0.29, 0.717) is 13.0 Å². The van der Waals surface area contributed by atoms with Gasteiger partial charge in [0.2, 0.25) is 0 Å². The molecule has 2 aliphatic rings. The second-order valence-electron chi connectivity index (χ2n) is 9.12. The molecule has 0 unspecified atom stereocenters. The summed E-state index contributed by atoms with van der Waals surface area (Å²) in [6.45, 7) is 3.74. The van der Waals surface area contributed by atoms with Crippen LogP contribution in [0.4, 0.5) is 14.5 Å². The molecular weight excluding hydrogens is 509 g/mol. The minimum atomic E-state index is -2.89. The molecule has 0 spiro atoms. The van der Waals surface area contributed by atoms with Crippen molar-refractivity contribution in [2.24, 2.45) is 11.8 Å². The van der Waals surface area contributed by atoms with Crippen LogP contribution in [0.25, 0.3) is 0 Å². The van der Waals surface area contributed by atoms with Gasteiger partial charge in [0.25, 0.3) is 0 Å². The van der Waals surface area contributed by atoms with E-state index in [9.17, 15) is 13.9 Å². The molecule has 1 fully saturated rings. The summed E-state index contributed by atoms with van der Waals surface area (Å²) in [5, 5.41) is 17.5. The van der Waals surface area contributed by atoms with Gasteiger partial charge < -0.3 is 15.7 Å². The Bertz CT molecular complexity index is 870. The Kier molecular flexibility index (Phi) is 7.18. The van der Waals surface area contributed by atoms with E-state index in [0.717, 1.165) is 30.1 Å². The molecule has 0 bridgehead atoms. The molecule has 0 amide bonds. The van der Waals surface area contributed by atoms with Crippen molar-refractivity contribution in [3.05, 3.63) is 65.2 Å². The first-order chi connectivity index (χ1) is 14.8. The first-order valence-electron chi connectivity index (χ1n) is 11.2. The Hall–Kier alpha value is -1.25. The molecule has 4 rings (SSSR count). The third-order valence-corrected chi connectivity index (χ3v) is 7.38. The minimum absolute atomic E-state index is 0.0433. The van der Waals surface area contributed by atoms with Gasteiger partial charge in [0.05, 0.1) is 12.1 Å². The van der Waals surface area contributed by atoms with Gasteiger partial charge in [-0.3, -0.25) is 0 Å². The number of hydrogen-bond donors (Lipinski definition) is 3. The van der Waals surface area contributed by atoms with Gasteiger partial charge in [-0.05, 0) is 73.2 Å². The van der Waals surface area contributed by atoms with Crippen LogP contribution >= 0.6 is 22.6 Å². The van der Waals surface area contributed by atoms with Crippen LogP contribution < -0.4 is 10.6 Å². The normalized spacial score (nSPS) is 24.4. The smallest absolute Gasteiger partial charge is 0.321 e. The summed E-state index contributed by atoms with van der Waals surface area (Å²) in [5.74, 6) is 1.09. The standard InChI is InChI=1S/C25H31F2IN2O/c1-16-21(11-10-20(31)15-29-14-17-7-8-17)24(18-5-3-2-4-6-18)30-23-12-9-19(13-22(16)23)25(26,27)28/h2-6,9,12-13,16-17,20-21,24,29-31H,7-8,10-11,14-15H2,1H3/t16-,20+,21+,24-/m0/s1. The molecule has 1 aliphatic heterocycles. The van der Waals surface area contributed by atoms with Crippen molar-refractivity contribution >= 4 is 28.3 Å². The van der Waals surface area contributed by atoms with Crippen LogP contribution in [0.15, 0.2) is 48.5 Å². The van der Waals surface area contributed by atoms with Gasteiger partial charge in [0.15, 0.2) is 0 Å². The number of rotatable bonds is 9. The Morgan fingerprint density at radius 3 is 2.61 bits per heavy atom. The van der Waals surface area contributed by atoms with Crippen molar-refractivity contribution < 1.29 is 13.9 Å². The molecule has 0 saturated heterocycles. The summed E-state index contributed by atoms with van der Waals surface area (Å²) < 4.78 is 25.0. The first kappa shape index (κ1) is 22.9. The molecule has 3 N–H and O–H groups in total. The number of halogens is 3. The molecule has 3 nitrogen and oxygen atoms in total. The van der Waals surface area contributed by atoms with Gasteiger partial charge in [-0.25, -0.2) is 0 Å². The van der Waals surface area contributed by atoms with Crippen molar-refractivity contribution in [2.75, 3.05) is 18.4 Å². The maximum absolute atomic E-state index is 14.0. The molecule has 1 aliphatic carbocycles. The fourth-order valence-corrected chi connectivity index (χ4v) is 5.05. The van der Waals surface area contributed by atoms with E-state index in [4.69, 9.17) is 0 Å². The van der Waals surface area contributed by atoms with E-state index < -0.39 is 10.0 Å². The number of anilines is 1. The fraction of sp³-hybridized carbons (Fsp3) is 0.520. The molecule has 1 saturated carbocycles. The molecule has 2 aromatic rings. The van der Waals surface area contributed by atoms with Crippen molar-refractivity contribution in [3.8, 4) is 0 Å². The van der Waals surface area contributed by atoms with E-state index in [1.54, 1.807) is 12.1 Å².